The van der Waals surface area contributed by atoms with Crippen molar-refractivity contribution < 1.29 is 14.3 Å². The highest BCUT2D eigenvalue weighted by molar-refractivity contribution is 7.21. The third-order valence-corrected chi connectivity index (χ3v) is 6.35. The lowest BCUT2D eigenvalue weighted by Gasteiger charge is -2.28. The Hall–Kier alpha value is -1.92. The average molecular weight is 389 g/mol. The van der Waals surface area contributed by atoms with Crippen molar-refractivity contribution in [2.75, 3.05) is 20.2 Å². The monoisotopic (exact) mass is 388 g/mol. The second-order valence-corrected chi connectivity index (χ2v) is 8.97. The standard InChI is InChI=1S/C21H28N2O3S/c1-13(2)22-19(24)18-17(15-8-6-7-9-16(15)27-18)14-10-11-23(12-14)20(25)21(3,4)26-5/h6-9,13-14H,10-12H2,1-5H3,(H,22,24). The molecule has 2 heterocycles. The van der Waals surface area contributed by atoms with Gasteiger partial charge in [0.25, 0.3) is 11.8 Å². The summed E-state index contributed by atoms with van der Waals surface area (Å²) < 4.78 is 6.47. The van der Waals surface area contributed by atoms with E-state index in [9.17, 15) is 9.59 Å². The quantitative estimate of drug-likeness (QED) is 0.848. The third kappa shape index (κ3) is 3.87. The fourth-order valence-corrected chi connectivity index (χ4v) is 4.81. The molecule has 3 rings (SSSR count). The molecule has 0 aliphatic carbocycles. The largest absolute Gasteiger partial charge is 0.369 e. The van der Waals surface area contributed by atoms with Crippen LogP contribution in [0.5, 0.6) is 0 Å². The minimum Gasteiger partial charge on any atom is -0.369 e. The molecule has 1 aliphatic rings. The zero-order chi connectivity index (χ0) is 19.8. The second-order valence-electron chi connectivity index (χ2n) is 7.92. The molecule has 6 heteroatoms. The summed E-state index contributed by atoms with van der Waals surface area (Å²) in [5.74, 6) is 0.133. The van der Waals surface area contributed by atoms with Gasteiger partial charge in [-0.15, -0.1) is 11.3 Å². The Balaban J connectivity index is 1.94. The smallest absolute Gasteiger partial charge is 0.261 e. The van der Waals surface area contributed by atoms with Gasteiger partial charge in [-0.2, -0.15) is 0 Å². The summed E-state index contributed by atoms with van der Waals surface area (Å²) in [4.78, 5) is 28.2. The molecule has 0 bridgehead atoms. The van der Waals surface area contributed by atoms with Crippen molar-refractivity contribution in [2.24, 2.45) is 0 Å². The molecular weight excluding hydrogens is 360 g/mol. The molecule has 1 fully saturated rings. The van der Waals surface area contributed by atoms with E-state index in [0.717, 1.165) is 26.9 Å². The normalized spacial score (nSPS) is 17.7. The molecule has 1 aromatic heterocycles. The molecule has 27 heavy (non-hydrogen) atoms. The molecular formula is C21H28N2O3S. The van der Waals surface area contributed by atoms with E-state index in [0.29, 0.717) is 13.1 Å². The predicted octanol–water partition coefficient (Wildman–Crippen LogP) is 3.78. The summed E-state index contributed by atoms with van der Waals surface area (Å²) in [6.45, 7) is 8.83. The molecule has 5 nitrogen and oxygen atoms in total. The van der Waals surface area contributed by atoms with Crippen LogP contribution in [0.3, 0.4) is 0 Å². The van der Waals surface area contributed by atoms with Crippen molar-refractivity contribution in [1.29, 1.82) is 0 Å². The van der Waals surface area contributed by atoms with Crippen molar-refractivity contribution >= 4 is 33.2 Å². The van der Waals surface area contributed by atoms with Crippen molar-refractivity contribution in [1.82, 2.24) is 10.2 Å². The van der Waals surface area contributed by atoms with Gasteiger partial charge in [-0.3, -0.25) is 9.59 Å². The maximum atomic E-state index is 12.8. The van der Waals surface area contributed by atoms with E-state index >= 15 is 0 Å². The summed E-state index contributed by atoms with van der Waals surface area (Å²) in [5, 5.41) is 4.15. The Labute approximate surface area is 164 Å². The number of fused-ring (bicyclic) bond motifs is 1. The summed E-state index contributed by atoms with van der Waals surface area (Å²) in [5.41, 5.74) is 0.253. The van der Waals surface area contributed by atoms with Gasteiger partial charge in [0.15, 0.2) is 0 Å². The lowest BCUT2D eigenvalue weighted by Crippen LogP contribution is -2.45. The number of nitrogens with one attached hydrogen (secondary N) is 1. The molecule has 1 saturated heterocycles. The Morgan fingerprint density at radius 2 is 2.00 bits per heavy atom. The predicted molar refractivity (Wildman–Crippen MR) is 109 cm³/mol. The van der Waals surface area contributed by atoms with Crippen LogP contribution < -0.4 is 5.32 Å². The van der Waals surface area contributed by atoms with Crippen LogP contribution in [0.2, 0.25) is 0 Å². The van der Waals surface area contributed by atoms with E-state index in [1.54, 1.807) is 32.3 Å². The van der Waals surface area contributed by atoms with Gasteiger partial charge in [-0.1, -0.05) is 18.2 Å². The minimum absolute atomic E-state index is 0.000201. The molecule has 0 radical (unpaired) electrons. The summed E-state index contributed by atoms with van der Waals surface area (Å²) in [7, 11) is 1.56. The molecule has 1 N–H and O–H groups in total. The van der Waals surface area contributed by atoms with Crippen LogP contribution in [0, 0.1) is 0 Å². The summed E-state index contributed by atoms with van der Waals surface area (Å²) in [6, 6.07) is 8.23. The molecule has 146 valence electrons. The third-order valence-electron chi connectivity index (χ3n) is 5.17. The van der Waals surface area contributed by atoms with E-state index < -0.39 is 5.60 Å². The summed E-state index contributed by atoms with van der Waals surface area (Å²) in [6.07, 6.45) is 0.855. The Morgan fingerprint density at radius 1 is 1.30 bits per heavy atom. The van der Waals surface area contributed by atoms with Crippen LogP contribution in [-0.4, -0.2) is 48.6 Å². The number of amides is 2. The summed E-state index contributed by atoms with van der Waals surface area (Å²) >= 11 is 1.54. The van der Waals surface area contributed by atoms with E-state index in [4.69, 9.17) is 4.74 Å². The van der Waals surface area contributed by atoms with E-state index in [1.807, 2.05) is 30.9 Å². The number of ether oxygens (including phenoxy) is 1. The van der Waals surface area contributed by atoms with Gasteiger partial charge < -0.3 is 15.0 Å². The van der Waals surface area contributed by atoms with Gasteiger partial charge in [0.05, 0.1) is 4.88 Å². The first-order chi connectivity index (χ1) is 12.7. The van der Waals surface area contributed by atoms with E-state index in [2.05, 4.69) is 17.4 Å². The topological polar surface area (TPSA) is 58.6 Å². The minimum atomic E-state index is -0.830. The molecule has 0 spiro atoms. The number of hydrogen-bond acceptors (Lipinski definition) is 4. The maximum Gasteiger partial charge on any atom is 0.261 e. The molecule has 1 unspecified atom stereocenters. The number of hydrogen-bond donors (Lipinski definition) is 1. The highest BCUT2D eigenvalue weighted by atomic mass is 32.1. The van der Waals surface area contributed by atoms with Crippen molar-refractivity contribution in [2.45, 2.75) is 51.7 Å². The molecule has 0 saturated carbocycles. The first-order valence-electron chi connectivity index (χ1n) is 9.41. The highest BCUT2D eigenvalue weighted by Crippen LogP contribution is 2.40. The number of carbonyl (C=O) groups excluding carboxylic acids is 2. The van der Waals surface area contributed by atoms with Gasteiger partial charge in [0.1, 0.15) is 5.60 Å². The lowest BCUT2D eigenvalue weighted by molar-refractivity contribution is -0.149. The molecule has 1 aliphatic heterocycles. The highest BCUT2D eigenvalue weighted by Gasteiger charge is 2.38. The fraction of sp³-hybridized carbons (Fsp3) is 0.524. The van der Waals surface area contributed by atoms with Gasteiger partial charge in [-0.05, 0) is 51.1 Å². The SMILES string of the molecule is COC(C)(C)C(=O)N1CCC(c2c(C(=O)NC(C)C)sc3ccccc23)C1. The lowest BCUT2D eigenvalue weighted by atomic mass is 9.95. The zero-order valence-electron chi connectivity index (χ0n) is 16.7. The number of benzene rings is 1. The Kier molecular flexibility index (Phi) is 5.58. The number of thiophene rings is 1. The molecule has 2 amide bonds. The van der Waals surface area contributed by atoms with Gasteiger partial charge in [0, 0.05) is 36.9 Å². The van der Waals surface area contributed by atoms with Crippen LogP contribution in [-0.2, 0) is 9.53 Å². The average Bonchev–Trinajstić information content (AvgIpc) is 3.24. The maximum absolute atomic E-state index is 12.8. The fourth-order valence-electron chi connectivity index (χ4n) is 3.62. The van der Waals surface area contributed by atoms with Crippen molar-refractivity contribution in [3.8, 4) is 0 Å². The zero-order valence-corrected chi connectivity index (χ0v) is 17.5. The number of carbonyl (C=O) groups is 2. The van der Waals surface area contributed by atoms with Gasteiger partial charge >= 0.3 is 0 Å². The van der Waals surface area contributed by atoms with Crippen LogP contribution in [0.1, 0.15) is 55.3 Å². The van der Waals surface area contributed by atoms with Crippen molar-refractivity contribution in [3.63, 3.8) is 0 Å². The Bertz CT molecular complexity index is 856. The van der Waals surface area contributed by atoms with Crippen molar-refractivity contribution in [3.05, 3.63) is 34.7 Å². The first kappa shape index (κ1) is 19.8. The van der Waals surface area contributed by atoms with Crippen LogP contribution in [0.25, 0.3) is 10.1 Å². The molecule has 2 aromatic rings. The van der Waals surface area contributed by atoms with E-state index in [1.165, 1.54) is 0 Å². The first-order valence-corrected chi connectivity index (χ1v) is 10.2. The van der Waals surface area contributed by atoms with E-state index in [-0.39, 0.29) is 23.8 Å². The number of nitrogens with zero attached hydrogens (tertiary/aromatic N) is 1. The van der Waals surface area contributed by atoms with Gasteiger partial charge in [-0.25, -0.2) is 0 Å². The van der Waals surface area contributed by atoms with Crippen LogP contribution in [0.15, 0.2) is 24.3 Å². The number of methoxy groups -OCH3 is 1. The molecule has 1 atom stereocenters. The van der Waals surface area contributed by atoms with Gasteiger partial charge in [0.2, 0.25) is 0 Å². The number of likely N-dealkylation sites (tertiary alicyclic amines) is 1. The van der Waals surface area contributed by atoms with Crippen LogP contribution >= 0.6 is 11.3 Å². The second kappa shape index (κ2) is 7.60. The Morgan fingerprint density at radius 3 is 2.67 bits per heavy atom. The number of rotatable bonds is 5. The van der Waals surface area contributed by atoms with Crippen LogP contribution in [0.4, 0.5) is 0 Å². The molecule has 1 aromatic carbocycles.